The smallest absolute Gasteiger partial charge is 0.259 e. The zero-order valence-corrected chi connectivity index (χ0v) is 10.4. The molecule has 0 spiro atoms. The Labute approximate surface area is 110 Å². The van der Waals surface area contributed by atoms with Gasteiger partial charge in [0.15, 0.2) is 0 Å². The molecule has 0 bridgehead atoms. The summed E-state index contributed by atoms with van der Waals surface area (Å²) in [7, 11) is 0. The number of carbonyl (C=O) groups excluding carboxylic acids is 1. The first kappa shape index (κ1) is 11.5. The molecule has 1 aliphatic rings. The van der Waals surface area contributed by atoms with Gasteiger partial charge in [0, 0.05) is 25.0 Å². The average molecular weight is 255 g/mol. The number of pyridine rings is 1. The monoisotopic (exact) mass is 255 g/mol. The lowest BCUT2D eigenvalue weighted by Crippen LogP contribution is -2.07. The van der Waals surface area contributed by atoms with Gasteiger partial charge in [-0.2, -0.15) is 5.10 Å². The van der Waals surface area contributed by atoms with Crippen molar-refractivity contribution in [3.8, 4) is 0 Å². The van der Waals surface area contributed by atoms with Crippen molar-refractivity contribution in [2.24, 2.45) is 0 Å². The quantitative estimate of drug-likeness (QED) is 0.819. The number of anilines is 2. The van der Waals surface area contributed by atoms with E-state index < -0.39 is 0 Å². The molecule has 0 fully saturated rings. The van der Waals surface area contributed by atoms with Gasteiger partial charge in [0.1, 0.15) is 11.5 Å². The molecule has 6 heteroatoms. The minimum absolute atomic E-state index is 0.149. The summed E-state index contributed by atoms with van der Waals surface area (Å²) < 4.78 is 1.81. The van der Waals surface area contributed by atoms with E-state index in [2.05, 4.69) is 20.7 Å². The highest BCUT2D eigenvalue weighted by molar-refractivity contribution is 6.31. The maximum atomic E-state index is 11.9. The molecule has 0 unspecified atom stereocenters. The first-order valence-corrected chi connectivity index (χ1v) is 6.05. The van der Waals surface area contributed by atoms with Crippen LogP contribution in [0.3, 0.4) is 0 Å². The summed E-state index contributed by atoms with van der Waals surface area (Å²) in [5.41, 5.74) is 1.94. The second kappa shape index (κ2) is 4.56. The van der Waals surface area contributed by atoms with E-state index in [1.807, 2.05) is 23.7 Å². The third-order valence-electron chi connectivity index (χ3n) is 2.94. The van der Waals surface area contributed by atoms with E-state index in [9.17, 15) is 4.79 Å². The second-order valence-corrected chi connectivity index (χ2v) is 4.09. The molecule has 1 amide bonds. The first-order valence-electron chi connectivity index (χ1n) is 6.05. The van der Waals surface area contributed by atoms with Crippen LogP contribution in [0.25, 0.3) is 5.57 Å². The maximum absolute atomic E-state index is 11.9. The predicted molar refractivity (Wildman–Crippen MR) is 72.4 cm³/mol. The van der Waals surface area contributed by atoms with Crippen LogP contribution in [-0.2, 0) is 11.3 Å². The largest absolute Gasteiger partial charge is 0.346 e. The van der Waals surface area contributed by atoms with Crippen LogP contribution in [0.15, 0.2) is 36.8 Å². The zero-order valence-electron chi connectivity index (χ0n) is 10.4. The van der Waals surface area contributed by atoms with Crippen LogP contribution in [0.4, 0.5) is 11.5 Å². The van der Waals surface area contributed by atoms with E-state index in [0.717, 1.165) is 18.1 Å². The Bertz CT molecular complexity index is 659. The number of nitrogens with zero attached hydrogens (tertiary/aromatic N) is 3. The summed E-state index contributed by atoms with van der Waals surface area (Å²) in [5.74, 6) is 0.691. The number of rotatable bonds is 3. The molecule has 3 rings (SSSR count). The number of hydrogen-bond acceptors (Lipinski definition) is 4. The number of fused-ring (bicyclic) bond motifs is 1. The van der Waals surface area contributed by atoms with Crippen LogP contribution in [0, 0.1) is 0 Å². The van der Waals surface area contributed by atoms with Crippen molar-refractivity contribution in [1.29, 1.82) is 0 Å². The van der Waals surface area contributed by atoms with Crippen LogP contribution in [0.1, 0.15) is 12.6 Å². The van der Waals surface area contributed by atoms with Crippen molar-refractivity contribution in [3.63, 3.8) is 0 Å². The SMILES string of the molecule is CCn1nccc1NC=C1C(=O)Nc2cccnc21. The molecule has 2 aromatic rings. The van der Waals surface area contributed by atoms with Crippen molar-refractivity contribution in [2.75, 3.05) is 10.6 Å². The van der Waals surface area contributed by atoms with Gasteiger partial charge in [-0.3, -0.25) is 9.78 Å². The molecule has 2 aromatic heterocycles. The van der Waals surface area contributed by atoms with E-state index in [0.29, 0.717) is 11.3 Å². The molecule has 0 saturated heterocycles. The molecular weight excluding hydrogens is 242 g/mol. The number of nitrogens with one attached hydrogen (secondary N) is 2. The molecule has 0 radical (unpaired) electrons. The maximum Gasteiger partial charge on any atom is 0.259 e. The lowest BCUT2D eigenvalue weighted by molar-refractivity contribution is -0.110. The van der Waals surface area contributed by atoms with Gasteiger partial charge >= 0.3 is 0 Å². The lowest BCUT2D eigenvalue weighted by atomic mass is 10.2. The lowest BCUT2D eigenvalue weighted by Gasteiger charge is -2.04. The van der Waals surface area contributed by atoms with Gasteiger partial charge in [0.25, 0.3) is 5.91 Å². The normalized spacial score (nSPS) is 15.4. The average Bonchev–Trinajstić information content (AvgIpc) is 2.99. The molecule has 0 saturated carbocycles. The van der Waals surface area contributed by atoms with Gasteiger partial charge in [-0.15, -0.1) is 0 Å². The number of amides is 1. The molecule has 6 nitrogen and oxygen atoms in total. The highest BCUT2D eigenvalue weighted by Crippen LogP contribution is 2.28. The summed E-state index contributed by atoms with van der Waals surface area (Å²) in [6.45, 7) is 2.77. The van der Waals surface area contributed by atoms with Crippen LogP contribution in [0.2, 0.25) is 0 Å². The standard InChI is InChI=1S/C13H13N5O/c1-2-18-11(5-7-16-18)15-8-9-12-10(17-13(9)19)4-3-6-14-12/h3-8,15H,2H2,1H3,(H,17,19). The number of carbonyl (C=O) groups is 1. The Hall–Kier alpha value is -2.63. The van der Waals surface area contributed by atoms with Crippen LogP contribution >= 0.6 is 0 Å². The Kier molecular flexibility index (Phi) is 2.75. The van der Waals surface area contributed by atoms with Gasteiger partial charge in [-0.25, -0.2) is 4.68 Å². The summed E-state index contributed by atoms with van der Waals surface area (Å²) >= 11 is 0. The summed E-state index contributed by atoms with van der Waals surface area (Å²) in [6.07, 6.45) is 5.05. The van der Waals surface area contributed by atoms with E-state index in [4.69, 9.17) is 0 Å². The Morgan fingerprint density at radius 2 is 2.32 bits per heavy atom. The number of aryl methyl sites for hydroxylation is 1. The van der Waals surface area contributed by atoms with Crippen molar-refractivity contribution < 1.29 is 4.79 Å². The van der Waals surface area contributed by atoms with E-state index >= 15 is 0 Å². The number of aromatic nitrogens is 3. The van der Waals surface area contributed by atoms with Crippen molar-refractivity contribution in [1.82, 2.24) is 14.8 Å². The molecule has 0 atom stereocenters. The fourth-order valence-corrected chi connectivity index (χ4v) is 2.01. The van der Waals surface area contributed by atoms with Crippen LogP contribution in [0.5, 0.6) is 0 Å². The minimum Gasteiger partial charge on any atom is -0.346 e. The Morgan fingerprint density at radius 3 is 3.16 bits per heavy atom. The van der Waals surface area contributed by atoms with Crippen molar-refractivity contribution in [3.05, 3.63) is 42.5 Å². The van der Waals surface area contributed by atoms with Crippen LogP contribution < -0.4 is 10.6 Å². The molecule has 96 valence electrons. The van der Waals surface area contributed by atoms with E-state index in [1.165, 1.54) is 0 Å². The molecule has 0 aliphatic carbocycles. The van der Waals surface area contributed by atoms with Crippen molar-refractivity contribution in [2.45, 2.75) is 13.5 Å². The first-order chi connectivity index (χ1) is 9.29. The van der Waals surface area contributed by atoms with Gasteiger partial charge in [-0.05, 0) is 19.1 Å². The molecule has 2 N–H and O–H groups in total. The third kappa shape index (κ3) is 1.97. The third-order valence-corrected chi connectivity index (χ3v) is 2.94. The molecule has 19 heavy (non-hydrogen) atoms. The van der Waals surface area contributed by atoms with Crippen molar-refractivity contribution >= 4 is 23.0 Å². The van der Waals surface area contributed by atoms with E-state index in [-0.39, 0.29) is 5.91 Å². The predicted octanol–water partition coefficient (Wildman–Crippen LogP) is 1.70. The second-order valence-electron chi connectivity index (χ2n) is 4.09. The molecule has 3 heterocycles. The molecule has 1 aliphatic heterocycles. The summed E-state index contributed by atoms with van der Waals surface area (Å²) in [5, 5.41) is 10.0. The fourth-order valence-electron chi connectivity index (χ4n) is 2.01. The molecular formula is C13H13N5O. The van der Waals surface area contributed by atoms with Crippen LogP contribution in [-0.4, -0.2) is 20.7 Å². The van der Waals surface area contributed by atoms with Gasteiger partial charge in [0.2, 0.25) is 0 Å². The topological polar surface area (TPSA) is 71.8 Å². The number of hydrogen-bond donors (Lipinski definition) is 2. The Balaban J connectivity index is 1.90. The summed E-state index contributed by atoms with van der Waals surface area (Å²) in [6, 6.07) is 5.48. The van der Waals surface area contributed by atoms with E-state index in [1.54, 1.807) is 24.7 Å². The highest BCUT2D eigenvalue weighted by Gasteiger charge is 2.24. The van der Waals surface area contributed by atoms with Gasteiger partial charge in [0.05, 0.1) is 17.5 Å². The molecule has 0 aromatic carbocycles. The van der Waals surface area contributed by atoms with Gasteiger partial charge in [-0.1, -0.05) is 0 Å². The zero-order chi connectivity index (χ0) is 13.2. The summed E-state index contributed by atoms with van der Waals surface area (Å²) in [4.78, 5) is 16.1. The minimum atomic E-state index is -0.149. The highest BCUT2D eigenvalue weighted by atomic mass is 16.2. The van der Waals surface area contributed by atoms with Gasteiger partial charge < -0.3 is 10.6 Å². The Morgan fingerprint density at radius 1 is 1.42 bits per heavy atom. The fraction of sp³-hybridized carbons (Fsp3) is 0.154.